The monoisotopic (exact) mass is 502 g/mol. The van der Waals surface area contributed by atoms with Gasteiger partial charge in [-0.2, -0.15) is 0 Å². The third-order valence-corrected chi connectivity index (χ3v) is 7.91. The number of ether oxygens (including phenoxy) is 1. The second-order valence-electron chi connectivity index (χ2n) is 7.94. The van der Waals surface area contributed by atoms with E-state index in [2.05, 4.69) is 16.5 Å². The molecule has 1 N–H and O–H groups in total. The first-order valence-electron chi connectivity index (χ1n) is 11.2. The first-order chi connectivity index (χ1) is 16.2. The van der Waals surface area contributed by atoms with E-state index < -0.39 is 16.1 Å². The highest BCUT2D eigenvalue weighted by atomic mass is 32.2. The van der Waals surface area contributed by atoms with Crippen LogP contribution in [0.4, 0.5) is 4.79 Å². The van der Waals surface area contributed by atoms with Gasteiger partial charge >= 0.3 is 6.09 Å². The fourth-order valence-electron chi connectivity index (χ4n) is 3.31. The van der Waals surface area contributed by atoms with Crippen molar-refractivity contribution in [2.24, 2.45) is 0 Å². The van der Waals surface area contributed by atoms with Crippen LogP contribution in [-0.4, -0.2) is 35.7 Å². The van der Waals surface area contributed by atoms with Crippen LogP contribution in [-0.2, 0) is 27.7 Å². The van der Waals surface area contributed by atoms with E-state index in [-0.39, 0.29) is 10.8 Å². The number of allylic oxidation sites excluding steroid dienone is 1. The predicted molar refractivity (Wildman–Crippen MR) is 134 cm³/mol. The minimum Gasteiger partial charge on any atom is -0.449 e. The zero-order valence-corrected chi connectivity index (χ0v) is 21.3. The topological polar surface area (TPSA) is 103 Å². The molecule has 34 heavy (non-hydrogen) atoms. The average molecular weight is 503 g/mol. The number of thiazole rings is 1. The Morgan fingerprint density at radius 2 is 1.94 bits per heavy atom. The number of carbonyl (C=O) groups is 1. The van der Waals surface area contributed by atoms with Gasteiger partial charge < -0.3 is 9.30 Å². The van der Waals surface area contributed by atoms with Crippen LogP contribution < -0.4 is 4.72 Å². The molecule has 0 saturated carbocycles. The molecule has 0 atom stereocenters. The number of aromatic nitrogens is 3. The molecule has 3 aromatic rings. The quantitative estimate of drug-likeness (QED) is 0.359. The number of nitrogens with zero attached hydrogens (tertiary/aromatic N) is 3. The Hall–Kier alpha value is -2.98. The number of amides is 1. The average Bonchev–Trinajstić information content (AvgIpc) is 3.42. The maximum absolute atomic E-state index is 13.0. The van der Waals surface area contributed by atoms with Crippen molar-refractivity contribution in [2.75, 3.05) is 6.61 Å². The van der Waals surface area contributed by atoms with Crippen molar-refractivity contribution >= 4 is 33.0 Å². The molecule has 10 heteroatoms. The number of aryl methyl sites for hydroxylation is 1. The molecule has 0 bridgehead atoms. The van der Waals surface area contributed by atoms with E-state index in [0.717, 1.165) is 41.1 Å². The zero-order valence-electron chi connectivity index (χ0n) is 19.7. The van der Waals surface area contributed by atoms with Crippen LogP contribution in [0.15, 0.2) is 47.4 Å². The van der Waals surface area contributed by atoms with E-state index in [1.807, 2.05) is 60.5 Å². The molecule has 0 fully saturated rings. The van der Waals surface area contributed by atoms with Gasteiger partial charge in [-0.3, -0.25) is 0 Å². The SMILES string of the molecule is C=C(C)c1nccn1Cc1ccc(-c2nc(CCC)sc2S(=O)(=O)NC(=O)OCCCC)cc1. The lowest BCUT2D eigenvalue weighted by molar-refractivity contribution is 0.151. The fraction of sp³-hybridized carbons (Fsp3) is 0.375. The maximum Gasteiger partial charge on any atom is 0.421 e. The van der Waals surface area contributed by atoms with Crippen molar-refractivity contribution in [3.8, 4) is 11.3 Å². The number of unbranched alkanes of at least 4 members (excludes halogenated alkanes) is 1. The minimum atomic E-state index is -4.13. The lowest BCUT2D eigenvalue weighted by atomic mass is 10.1. The maximum atomic E-state index is 13.0. The van der Waals surface area contributed by atoms with E-state index in [4.69, 9.17) is 4.74 Å². The summed E-state index contributed by atoms with van der Waals surface area (Å²) in [6, 6.07) is 7.55. The summed E-state index contributed by atoms with van der Waals surface area (Å²) < 4.78 is 35.0. The van der Waals surface area contributed by atoms with Gasteiger partial charge in [0, 0.05) is 24.5 Å². The normalized spacial score (nSPS) is 11.4. The van der Waals surface area contributed by atoms with E-state index in [1.165, 1.54) is 0 Å². The van der Waals surface area contributed by atoms with Gasteiger partial charge in [0.25, 0.3) is 10.0 Å². The highest BCUT2D eigenvalue weighted by molar-refractivity contribution is 7.92. The van der Waals surface area contributed by atoms with Crippen LogP contribution in [0.1, 0.15) is 56.4 Å². The molecule has 182 valence electrons. The van der Waals surface area contributed by atoms with Gasteiger partial charge in [-0.1, -0.05) is 51.1 Å². The van der Waals surface area contributed by atoms with Crippen LogP contribution in [0.2, 0.25) is 0 Å². The van der Waals surface area contributed by atoms with Gasteiger partial charge in [-0.25, -0.2) is 27.9 Å². The Kier molecular flexibility index (Phi) is 8.62. The summed E-state index contributed by atoms with van der Waals surface area (Å²) in [5, 5.41) is 0.700. The molecule has 0 saturated heterocycles. The standard InChI is InChI=1S/C24H30N4O4S2/c1-5-7-15-32-24(29)27-34(30,31)23-21(26-20(33-23)8-6-2)19-11-9-18(10-12-19)16-28-14-13-25-22(28)17(3)4/h9-14H,3,5-8,15-16H2,1-2,4H3,(H,27,29). The Bertz CT molecular complexity index is 1240. The summed E-state index contributed by atoms with van der Waals surface area (Å²) in [4.78, 5) is 20.9. The summed E-state index contributed by atoms with van der Waals surface area (Å²) in [6.07, 6.45) is 5.63. The molecule has 8 nitrogen and oxygen atoms in total. The smallest absolute Gasteiger partial charge is 0.421 e. The van der Waals surface area contributed by atoms with Gasteiger partial charge in [0.2, 0.25) is 0 Å². The molecule has 0 aliphatic carbocycles. The van der Waals surface area contributed by atoms with Crippen molar-refractivity contribution in [2.45, 2.75) is 57.2 Å². The molecule has 1 aromatic carbocycles. The molecule has 1 amide bonds. The second-order valence-corrected chi connectivity index (χ2v) is 10.9. The molecule has 3 rings (SSSR count). The van der Waals surface area contributed by atoms with Crippen LogP contribution in [0, 0.1) is 0 Å². The van der Waals surface area contributed by atoms with Gasteiger partial charge in [-0.15, -0.1) is 11.3 Å². The van der Waals surface area contributed by atoms with Gasteiger partial charge in [0.15, 0.2) is 4.21 Å². The molecule has 2 aromatic heterocycles. The summed E-state index contributed by atoms with van der Waals surface area (Å²) in [5.41, 5.74) is 2.89. The largest absolute Gasteiger partial charge is 0.449 e. The third-order valence-electron chi connectivity index (χ3n) is 4.97. The van der Waals surface area contributed by atoms with Crippen molar-refractivity contribution < 1.29 is 17.9 Å². The molecule has 0 unspecified atom stereocenters. The van der Waals surface area contributed by atoms with Crippen LogP contribution in [0.25, 0.3) is 16.8 Å². The molecule has 0 aliphatic heterocycles. The third kappa shape index (κ3) is 6.32. The molecular formula is C24H30N4O4S2. The first kappa shape index (κ1) is 25.6. The van der Waals surface area contributed by atoms with E-state index in [0.29, 0.717) is 35.7 Å². The second kappa shape index (κ2) is 11.4. The number of rotatable bonds is 11. The number of nitrogens with one attached hydrogen (secondary N) is 1. The number of hydrogen-bond donors (Lipinski definition) is 1. The van der Waals surface area contributed by atoms with Crippen LogP contribution >= 0.6 is 11.3 Å². The Morgan fingerprint density at radius 3 is 2.59 bits per heavy atom. The highest BCUT2D eigenvalue weighted by Crippen LogP contribution is 2.33. The summed E-state index contributed by atoms with van der Waals surface area (Å²) >= 11 is 1.08. The van der Waals surface area contributed by atoms with E-state index in [9.17, 15) is 13.2 Å². The summed E-state index contributed by atoms with van der Waals surface area (Å²) in [7, 11) is -4.13. The van der Waals surface area contributed by atoms with Gasteiger partial charge in [-0.05, 0) is 37.3 Å². The fourth-order valence-corrected chi connectivity index (χ4v) is 5.86. The molecule has 2 heterocycles. The molecule has 0 aliphatic rings. The van der Waals surface area contributed by atoms with Crippen LogP contribution in [0.3, 0.4) is 0 Å². The summed E-state index contributed by atoms with van der Waals surface area (Å²) in [5.74, 6) is 0.818. The van der Waals surface area contributed by atoms with Crippen molar-refractivity contribution in [1.29, 1.82) is 0 Å². The summed E-state index contributed by atoms with van der Waals surface area (Å²) in [6.45, 7) is 10.6. The number of benzene rings is 1. The first-order valence-corrected chi connectivity index (χ1v) is 13.5. The molecule has 0 radical (unpaired) electrons. The number of sulfonamides is 1. The predicted octanol–water partition coefficient (Wildman–Crippen LogP) is 5.26. The lowest BCUT2D eigenvalue weighted by Crippen LogP contribution is -2.31. The van der Waals surface area contributed by atoms with E-state index >= 15 is 0 Å². The van der Waals surface area contributed by atoms with Gasteiger partial charge in [0.1, 0.15) is 11.5 Å². The van der Waals surface area contributed by atoms with Crippen molar-refractivity contribution in [3.05, 3.63) is 59.6 Å². The Labute approximate surface area is 204 Å². The zero-order chi connectivity index (χ0) is 24.7. The van der Waals surface area contributed by atoms with Crippen LogP contribution in [0.5, 0.6) is 0 Å². The molecule has 0 spiro atoms. The minimum absolute atomic E-state index is 0.00956. The van der Waals surface area contributed by atoms with Crippen molar-refractivity contribution in [3.63, 3.8) is 0 Å². The van der Waals surface area contributed by atoms with E-state index in [1.54, 1.807) is 6.20 Å². The molecular weight excluding hydrogens is 472 g/mol. The highest BCUT2D eigenvalue weighted by Gasteiger charge is 2.27. The number of imidazole rings is 1. The lowest BCUT2D eigenvalue weighted by Gasteiger charge is -2.09. The Balaban J connectivity index is 1.86. The Morgan fingerprint density at radius 1 is 1.21 bits per heavy atom. The number of hydrogen-bond acceptors (Lipinski definition) is 7. The number of carbonyl (C=O) groups excluding carboxylic acids is 1. The van der Waals surface area contributed by atoms with Crippen molar-refractivity contribution in [1.82, 2.24) is 19.3 Å². The van der Waals surface area contributed by atoms with Gasteiger partial charge in [0.05, 0.1) is 11.6 Å².